The molecule has 1 aromatic heterocycles. The smallest absolute Gasteiger partial charge is 0.123 e. The highest BCUT2D eigenvalue weighted by atomic mass is 16.5. The fourth-order valence-corrected chi connectivity index (χ4v) is 2.27. The second kappa shape index (κ2) is 4.83. The first-order valence-electron chi connectivity index (χ1n) is 5.94. The van der Waals surface area contributed by atoms with Crippen LogP contribution in [0.2, 0.25) is 0 Å². The highest BCUT2D eigenvalue weighted by Gasteiger charge is 2.18. The molecule has 3 heteroatoms. The quantitative estimate of drug-likeness (QED) is 0.764. The Labute approximate surface area is 97.4 Å². The van der Waals surface area contributed by atoms with Gasteiger partial charge in [-0.15, -0.1) is 0 Å². The number of nitrogens with zero attached hydrogens (tertiary/aromatic N) is 2. The molecule has 2 heterocycles. The summed E-state index contributed by atoms with van der Waals surface area (Å²) in [7, 11) is 2.15. The van der Waals surface area contributed by atoms with Crippen molar-refractivity contribution in [2.24, 2.45) is 0 Å². The van der Waals surface area contributed by atoms with Gasteiger partial charge in [0, 0.05) is 30.1 Å². The lowest BCUT2D eigenvalue weighted by Crippen LogP contribution is -2.38. The molecule has 0 aromatic carbocycles. The maximum atomic E-state index is 6.01. The summed E-state index contributed by atoms with van der Waals surface area (Å²) in [6.45, 7) is 6.23. The molecule has 0 aliphatic carbocycles. The molecule has 0 saturated carbocycles. The molecule has 1 saturated heterocycles. The number of hydrogen-bond acceptors (Lipinski definition) is 3. The van der Waals surface area contributed by atoms with Crippen molar-refractivity contribution in [3.05, 3.63) is 23.5 Å². The van der Waals surface area contributed by atoms with Crippen LogP contribution in [0.4, 0.5) is 0 Å². The Hall–Kier alpha value is -1.09. The van der Waals surface area contributed by atoms with Gasteiger partial charge >= 0.3 is 0 Å². The minimum absolute atomic E-state index is 0.333. The molecule has 0 bridgehead atoms. The molecule has 1 aliphatic heterocycles. The highest BCUT2D eigenvalue weighted by Crippen LogP contribution is 2.19. The number of likely N-dealkylation sites (tertiary alicyclic amines) is 1. The van der Waals surface area contributed by atoms with Crippen LogP contribution in [0.3, 0.4) is 0 Å². The molecular weight excluding hydrogens is 200 g/mol. The van der Waals surface area contributed by atoms with Crippen LogP contribution in [0.1, 0.15) is 24.2 Å². The van der Waals surface area contributed by atoms with E-state index in [4.69, 9.17) is 4.74 Å². The van der Waals surface area contributed by atoms with Crippen molar-refractivity contribution in [3.8, 4) is 5.75 Å². The van der Waals surface area contributed by atoms with Crippen LogP contribution in [0.15, 0.2) is 12.1 Å². The first-order chi connectivity index (χ1) is 7.63. The van der Waals surface area contributed by atoms with E-state index in [9.17, 15) is 0 Å². The molecule has 1 aliphatic rings. The third-order valence-electron chi connectivity index (χ3n) is 2.94. The standard InChI is InChI=1S/C13H20N2O/c1-10-7-13(8-11(2)14-10)16-12-5-4-6-15(3)9-12/h7-8,12H,4-6,9H2,1-3H3. The molecule has 1 aromatic rings. The van der Waals surface area contributed by atoms with E-state index >= 15 is 0 Å². The van der Waals surface area contributed by atoms with Gasteiger partial charge in [-0.25, -0.2) is 0 Å². The maximum Gasteiger partial charge on any atom is 0.123 e. The number of pyridine rings is 1. The Kier molecular flexibility index (Phi) is 3.44. The van der Waals surface area contributed by atoms with Gasteiger partial charge in [0.2, 0.25) is 0 Å². The van der Waals surface area contributed by atoms with E-state index in [1.54, 1.807) is 0 Å². The molecule has 16 heavy (non-hydrogen) atoms. The van der Waals surface area contributed by atoms with Crippen molar-refractivity contribution in [1.82, 2.24) is 9.88 Å². The zero-order chi connectivity index (χ0) is 11.5. The van der Waals surface area contributed by atoms with Gasteiger partial charge in [0.1, 0.15) is 11.9 Å². The summed E-state index contributed by atoms with van der Waals surface area (Å²) in [5.41, 5.74) is 2.05. The maximum absolute atomic E-state index is 6.01. The summed E-state index contributed by atoms with van der Waals surface area (Å²) in [4.78, 5) is 6.68. The van der Waals surface area contributed by atoms with Crippen LogP contribution in [0.5, 0.6) is 5.75 Å². The predicted molar refractivity (Wildman–Crippen MR) is 64.9 cm³/mol. The minimum Gasteiger partial charge on any atom is -0.489 e. The summed E-state index contributed by atoms with van der Waals surface area (Å²) >= 11 is 0. The third kappa shape index (κ3) is 2.95. The van der Waals surface area contributed by atoms with Crippen molar-refractivity contribution < 1.29 is 4.74 Å². The van der Waals surface area contributed by atoms with E-state index in [2.05, 4.69) is 16.9 Å². The fourth-order valence-electron chi connectivity index (χ4n) is 2.27. The molecule has 2 rings (SSSR count). The number of likely N-dealkylation sites (N-methyl/N-ethyl adjacent to an activating group) is 1. The molecular formula is C13H20N2O. The second-order valence-electron chi connectivity index (χ2n) is 4.73. The van der Waals surface area contributed by atoms with Gasteiger partial charge in [0.25, 0.3) is 0 Å². The number of rotatable bonds is 2. The van der Waals surface area contributed by atoms with Gasteiger partial charge in [0.15, 0.2) is 0 Å². The number of aryl methyl sites for hydroxylation is 2. The van der Waals surface area contributed by atoms with Gasteiger partial charge in [-0.3, -0.25) is 4.98 Å². The minimum atomic E-state index is 0.333. The summed E-state index contributed by atoms with van der Waals surface area (Å²) in [5, 5.41) is 0. The van der Waals surface area contributed by atoms with Gasteiger partial charge in [-0.1, -0.05) is 0 Å². The number of ether oxygens (including phenoxy) is 1. The van der Waals surface area contributed by atoms with Crippen molar-refractivity contribution in [3.63, 3.8) is 0 Å². The SMILES string of the molecule is Cc1cc(OC2CCCN(C)C2)cc(C)n1. The Bertz CT molecular complexity index is 345. The van der Waals surface area contributed by atoms with Gasteiger partial charge in [-0.05, 0) is 40.3 Å². The van der Waals surface area contributed by atoms with E-state index in [-0.39, 0.29) is 0 Å². The fraction of sp³-hybridized carbons (Fsp3) is 0.615. The molecule has 1 atom stereocenters. The lowest BCUT2D eigenvalue weighted by Gasteiger charge is -2.30. The summed E-state index contributed by atoms with van der Waals surface area (Å²) in [6.07, 6.45) is 2.72. The van der Waals surface area contributed by atoms with E-state index in [0.717, 1.165) is 30.1 Å². The Balaban J connectivity index is 2.02. The first-order valence-corrected chi connectivity index (χ1v) is 5.94. The van der Waals surface area contributed by atoms with E-state index in [1.807, 2.05) is 26.0 Å². The first kappa shape index (κ1) is 11.4. The van der Waals surface area contributed by atoms with Crippen LogP contribution in [-0.4, -0.2) is 36.1 Å². The van der Waals surface area contributed by atoms with Crippen LogP contribution in [0.25, 0.3) is 0 Å². The van der Waals surface area contributed by atoms with Crippen molar-refractivity contribution >= 4 is 0 Å². The monoisotopic (exact) mass is 220 g/mol. The molecule has 0 spiro atoms. The Morgan fingerprint density at radius 3 is 2.62 bits per heavy atom. The Morgan fingerprint density at radius 1 is 1.31 bits per heavy atom. The van der Waals surface area contributed by atoms with Crippen LogP contribution in [-0.2, 0) is 0 Å². The third-order valence-corrected chi connectivity index (χ3v) is 2.94. The van der Waals surface area contributed by atoms with Gasteiger partial charge in [-0.2, -0.15) is 0 Å². The topological polar surface area (TPSA) is 25.4 Å². The lowest BCUT2D eigenvalue weighted by atomic mass is 10.1. The number of hydrogen-bond donors (Lipinski definition) is 0. The normalized spacial score (nSPS) is 22.1. The predicted octanol–water partition coefficient (Wildman–Crippen LogP) is 2.17. The molecule has 1 fully saturated rings. The Morgan fingerprint density at radius 2 is 2.00 bits per heavy atom. The average Bonchev–Trinajstić information content (AvgIpc) is 2.15. The van der Waals surface area contributed by atoms with Crippen LogP contribution < -0.4 is 4.74 Å². The lowest BCUT2D eigenvalue weighted by molar-refractivity contribution is 0.104. The summed E-state index contributed by atoms with van der Waals surface area (Å²) in [5.74, 6) is 0.963. The van der Waals surface area contributed by atoms with Crippen LogP contribution >= 0.6 is 0 Å². The van der Waals surface area contributed by atoms with Crippen LogP contribution in [0, 0.1) is 13.8 Å². The molecule has 0 amide bonds. The van der Waals surface area contributed by atoms with Gasteiger partial charge < -0.3 is 9.64 Å². The van der Waals surface area contributed by atoms with E-state index < -0.39 is 0 Å². The van der Waals surface area contributed by atoms with Crippen molar-refractivity contribution in [2.45, 2.75) is 32.8 Å². The van der Waals surface area contributed by atoms with Gasteiger partial charge in [0.05, 0.1) is 0 Å². The van der Waals surface area contributed by atoms with Crippen molar-refractivity contribution in [2.75, 3.05) is 20.1 Å². The van der Waals surface area contributed by atoms with E-state index in [0.29, 0.717) is 6.10 Å². The summed E-state index contributed by atoms with van der Waals surface area (Å²) in [6, 6.07) is 4.03. The summed E-state index contributed by atoms with van der Waals surface area (Å²) < 4.78 is 6.01. The zero-order valence-electron chi connectivity index (χ0n) is 10.4. The number of piperidine rings is 1. The zero-order valence-corrected chi connectivity index (χ0v) is 10.4. The largest absolute Gasteiger partial charge is 0.489 e. The highest BCUT2D eigenvalue weighted by molar-refractivity contribution is 5.26. The molecule has 88 valence electrons. The molecule has 3 nitrogen and oxygen atoms in total. The van der Waals surface area contributed by atoms with Crippen molar-refractivity contribution in [1.29, 1.82) is 0 Å². The van der Waals surface area contributed by atoms with E-state index in [1.165, 1.54) is 13.0 Å². The number of aromatic nitrogens is 1. The molecule has 1 unspecified atom stereocenters. The molecule has 0 N–H and O–H groups in total. The molecule has 0 radical (unpaired) electrons. The second-order valence-corrected chi connectivity index (χ2v) is 4.73. The average molecular weight is 220 g/mol.